The van der Waals surface area contributed by atoms with Crippen LogP contribution in [0.2, 0.25) is 5.02 Å². The number of nitrogens with zero attached hydrogens (tertiary/aromatic N) is 1. The first kappa shape index (κ1) is 22.6. The van der Waals surface area contributed by atoms with Crippen LogP contribution in [-0.2, 0) is 7.05 Å². The van der Waals surface area contributed by atoms with Crippen molar-refractivity contribution in [3.8, 4) is 33.6 Å². The van der Waals surface area contributed by atoms with Crippen LogP contribution in [0, 0.1) is 0 Å². The quantitative estimate of drug-likeness (QED) is 0.176. The normalized spacial score (nSPS) is 10.9. The van der Waals surface area contributed by atoms with Gasteiger partial charge in [-0.05, 0) is 47.5 Å². The van der Waals surface area contributed by atoms with Gasteiger partial charge in [0, 0.05) is 28.3 Å². The third kappa shape index (κ3) is 6.43. The molecule has 0 aliphatic rings. The van der Waals surface area contributed by atoms with Gasteiger partial charge >= 0.3 is 7.25 Å². The molecular formula is C24H19BClF4N. The van der Waals surface area contributed by atoms with Gasteiger partial charge in [-0.15, -0.1) is 0 Å². The Morgan fingerprint density at radius 2 is 1.00 bits per heavy atom. The largest absolute Gasteiger partial charge is 0.673 e. The highest BCUT2D eigenvalue weighted by Crippen LogP contribution is 2.29. The summed E-state index contributed by atoms with van der Waals surface area (Å²) in [6.45, 7) is 0. The summed E-state index contributed by atoms with van der Waals surface area (Å²) in [4.78, 5) is 0. The average molecular weight is 444 g/mol. The van der Waals surface area contributed by atoms with Gasteiger partial charge < -0.3 is 17.3 Å². The molecule has 0 aliphatic carbocycles. The fourth-order valence-electron chi connectivity index (χ4n) is 3.27. The average Bonchev–Trinajstić information content (AvgIpc) is 2.74. The first-order valence-corrected chi connectivity index (χ1v) is 9.88. The first-order chi connectivity index (χ1) is 14.7. The Morgan fingerprint density at radius 3 is 1.42 bits per heavy atom. The van der Waals surface area contributed by atoms with Crippen molar-refractivity contribution in [2.75, 3.05) is 0 Å². The number of hydrogen-bond donors (Lipinski definition) is 0. The van der Waals surface area contributed by atoms with Crippen molar-refractivity contribution in [2.45, 2.75) is 0 Å². The standard InChI is InChI=1S/C24H19ClN.BF4/c1-26-23(18-9-4-2-5-10-18)16-21(20-13-8-14-22(25)15-20)17-24(26)19-11-6-3-7-12-19;2-1(3,4)5/h2-17H,1H3;/q+1;-1. The van der Waals surface area contributed by atoms with Crippen LogP contribution < -0.4 is 4.57 Å². The Hall–Kier alpha value is -3.12. The molecule has 31 heavy (non-hydrogen) atoms. The van der Waals surface area contributed by atoms with Crippen molar-refractivity contribution in [1.82, 2.24) is 0 Å². The van der Waals surface area contributed by atoms with Crippen LogP contribution in [0.3, 0.4) is 0 Å². The Kier molecular flexibility index (Phi) is 7.13. The van der Waals surface area contributed by atoms with Crippen molar-refractivity contribution in [3.05, 3.63) is 102 Å². The van der Waals surface area contributed by atoms with E-state index < -0.39 is 7.25 Å². The predicted molar refractivity (Wildman–Crippen MR) is 119 cm³/mol. The fraction of sp³-hybridized carbons (Fsp3) is 0.0417. The smallest absolute Gasteiger partial charge is 0.418 e. The van der Waals surface area contributed by atoms with Crippen molar-refractivity contribution in [3.63, 3.8) is 0 Å². The summed E-state index contributed by atoms with van der Waals surface area (Å²) in [6, 6.07) is 33.4. The van der Waals surface area contributed by atoms with Crippen LogP contribution in [0.4, 0.5) is 17.3 Å². The van der Waals surface area contributed by atoms with Gasteiger partial charge in [-0.1, -0.05) is 60.1 Å². The van der Waals surface area contributed by atoms with Gasteiger partial charge in [0.2, 0.25) is 11.4 Å². The lowest BCUT2D eigenvalue weighted by Crippen LogP contribution is -2.34. The van der Waals surface area contributed by atoms with E-state index in [0.717, 1.165) is 16.1 Å². The zero-order chi connectivity index (χ0) is 22.4. The molecule has 0 amide bonds. The van der Waals surface area contributed by atoms with E-state index in [9.17, 15) is 17.3 Å². The second kappa shape index (κ2) is 9.79. The van der Waals surface area contributed by atoms with E-state index in [4.69, 9.17) is 11.6 Å². The van der Waals surface area contributed by atoms with Crippen molar-refractivity contribution >= 4 is 18.9 Å². The third-order valence-electron chi connectivity index (χ3n) is 4.60. The zero-order valence-electron chi connectivity index (χ0n) is 16.7. The molecule has 0 N–H and O–H groups in total. The molecule has 1 aromatic heterocycles. The van der Waals surface area contributed by atoms with Crippen LogP contribution in [0.5, 0.6) is 0 Å². The molecule has 1 heterocycles. The number of hydrogen-bond acceptors (Lipinski definition) is 0. The van der Waals surface area contributed by atoms with Crippen LogP contribution in [0.1, 0.15) is 0 Å². The van der Waals surface area contributed by atoms with Gasteiger partial charge in [0.15, 0.2) is 0 Å². The summed E-state index contributed by atoms with van der Waals surface area (Å²) in [5.41, 5.74) is 6.99. The molecule has 0 bridgehead atoms. The molecule has 4 rings (SSSR count). The molecule has 0 unspecified atom stereocenters. The lowest BCUT2D eigenvalue weighted by atomic mass is 9.99. The number of pyridine rings is 1. The Balaban J connectivity index is 0.000000491. The molecule has 158 valence electrons. The van der Waals surface area contributed by atoms with Crippen molar-refractivity contribution < 1.29 is 21.8 Å². The van der Waals surface area contributed by atoms with Gasteiger partial charge in [0.05, 0.1) is 0 Å². The maximum atomic E-state index is 9.75. The van der Waals surface area contributed by atoms with Crippen LogP contribution in [-0.4, -0.2) is 7.25 Å². The van der Waals surface area contributed by atoms with E-state index in [0.29, 0.717) is 0 Å². The molecule has 0 fully saturated rings. The maximum Gasteiger partial charge on any atom is 0.673 e. The Labute approximate surface area is 183 Å². The molecule has 0 spiro atoms. The van der Waals surface area contributed by atoms with Gasteiger partial charge in [0.25, 0.3) is 0 Å². The van der Waals surface area contributed by atoms with Gasteiger partial charge in [-0.25, -0.2) is 0 Å². The molecule has 1 nitrogen and oxygen atoms in total. The molecule has 3 aromatic carbocycles. The molecule has 0 atom stereocenters. The van der Waals surface area contributed by atoms with E-state index in [1.807, 2.05) is 30.3 Å². The van der Waals surface area contributed by atoms with Crippen LogP contribution in [0.15, 0.2) is 97.1 Å². The minimum absolute atomic E-state index is 0.748. The van der Waals surface area contributed by atoms with Gasteiger partial charge in [-0.2, -0.15) is 4.57 Å². The Morgan fingerprint density at radius 1 is 0.581 bits per heavy atom. The summed E-state index contributed by atoms with van der Waals surface area (Å²) < 4.78 is 41.2. The number of rotatable bonds is 3. The number of halogens is 5. The highest BCUT2D eigenvalue weighted by atomic mass is 35.5. The molecular weight excluding hydrogens is 425 g/mol. The predicted octanol–water partition coefficient (Wildman–Crippen LogP) is 7.47. The summed E-state index contributed by atoms with van der Waals surface area (Å²) >= 11 is 6.23. The molecule has 7 heteroatoms. The molecule has 0 saturated carbocycles. The van der Waals surface area contributed by atoms with E-state index >= 15 is 0 Å². The van der Waals surface area contributed by atoms with Gasteiger partial charge in [0.1, 0.15) is 7.05 Å². The summed E-state index contributed by atoms with van der Waals surface area (Å²) in [6.07, 6.45) is 0. The molecule has 4 aromatic rings. The molecule has 0 saturated heterocycles. The lowest BCUT2D eigenvalue weighted by molar-refractivity contribution is -0.649. The second-order valence-corrected chi connectivity index (χ2v) is 7.25. The SMILES string of the molecule is C[n+]1c(-c2ccccc2)cc(-c2cccc(Cl)c2)cc1-c1ccccc1.F[B-](F)(F)F. The topological polar surface area (TPSA) is 3.88 Å². The van der Waals surface area contributed by atoms with Crippen LogP contribution >= 0.6 is 11.6 Å². The minimum Gasteiger partial charge on any atom is -0.418 e. The first-order valence-electron chi connectivity index (χ1n) is 9.50. The minimum atomic E-state index is -6.00. The molecule has 0 aliphatic heterocycles. The Bertz CT molecular complexity index is 1080. The number of benzene rings is 3. The van der Waals surface area contributed by atoms with E-state index in [2.05, 4.69) is 78.3 Å². The van der Waals surface area contributed by atoms with Crippen LogP contribution in [0.25, 0.3) is 33.6 Å². The second-order valence-electron chi connectivity index (χ2n) is 6.81. The van der Waals surface area contributed by atoms with Gasteiger partial charge in [-0.3, -0.25) is 0 Å². The number of aromatic nitrogens is 1. The fourth-order valence-corrected chi connectivity index (χ4v) is 3.46. The lowest BCUT2D eigenvalue weighted by Gasteiger charge is -2.10. The maximum absolute atomic E-state index is 9.75. The monoisotopic (exact) mass is 443 g/mol. The van der Waals surface area contributed by atoms with Crippen molar-refractivity contribution in [2.24, 2.45) is 7.05 Å². The highest BCUT2D eigenvalue weighted by Gasteiger charge is 2.21. The summed E-state index contributed by atoms with van der Waals surface area (Å²) in [7, 11) is -3.88. The zero-order valence-corrected chi connectivity index (χ0v) is 17.4. The molecule has 0 radical (unpaired) electrons. The van der Waals surface area contributed by atoms with E-state index in [1.165, 1.54) is 22.5 Å². The third-order valence-corrected chi connectivity index (χ3v) is 4.84. The van der Waals surface area contributed by atoms with E-state index in [-0.39, 0.29) is 0 Å². The summed E-state index contributed by atoms with van der Waals surface area (Å²) in [5.74, 6) is 0. The van der Waals surface area contributed by atoms with Crippen molar-refractivity contribution in [1.29, 1.82) is 0 Å². The summed E-state index contributed by atoms with van der Waals surface area (Å²) in [5, 5.41) is 0.748. The highest BCUT2D eigenvalue weighted by molar-refractivity contribution is 6.50. The van der Waals surface area contributed by atoms with E-state index in [1.54, 1.807) is 0 Å².